The standard InChI is InChI=1S/C16H17N7O2/c1-10-7-12(21-20-10)15(24)23-6-3-14-11(9-23)13(22-25-14)8-19-16-17-4-2-5-18-16/h2,4-5,7H,3,6,8-9H2,1H3,(H,20,21)(H,17,18,19). The third-order valence-electron chi connectivity index (χ3n) is 4.10. The van der Waals surface area contributed by atoms with Crippen LogP contribution >= 0.6 is 0 Å². The van der Waals surface area contributed by atoms with Crippen molar-refractivity contribution in [3.8, 4) is 0 Å². The van der Waals surface area contributed by atoms with Crippen molar-refractivity contribution in [2.24, 2.45) is 0 Å². The SMILES string of the molecule is Cc1cc(C(=O)N2CCc3onc(CNc4ncccn4)c3C2)n[nH]1. The van der Waals surface area contributed by atoms with Crippen LogP contribution in [0, 0.1) is 6.92 Å². The van der Waals surface area contributed by atoms with Crippen LogP contribution in [0.5, 0.6) is 0 Å². The van der Waals surface area contributed by atoms with Gasteiger partial charge < -0.3 is 14.7 Å². The maximum absolute atomic E-state index is 12.6. The van der Waals surface area contributed by atoms with E-state index in [0.717, 1.165) is 22.7 Å². The molecule has 4 rings (SSSR count). The van der Waals surface area contributed by atoms with Gasteiger partial charge in [0.1, 0.15) is 17.1 Å². The predicted octanol–water partition coefficient (Wildman–Crippen LogP) is 1.31. The summed E-state index contributed by atoms with van der Waals surface area (Å²) >= 11 is 0. The first-order valence-electron chi connectivity index (χ1n) is 7.99. The van der Waals surface area contributed by atoms with E-state index in [1.165, 1.54) is 0 Å². The molecule has 3 aromatic rings. The molecule has 0 fully saturated rings. The fourth-order valence-electron chi connectivity index (χ4n) is 2.82. The van der Waals surface area contributed by atoms with Crippen LogP contribution in [0.2, 0.25) is 0 Å². The molecule has 9 heteroatoms. The number of aromatic nitrogens is 5. The molecule has 0 radical (unpaired) electrons. The molecule has 0 atom stereocenters. The Balaban J connectivity index is 1.48. The van der Waals surface area contributed by atoms with E-state index >= 15 is 0 Å². The number of nitrogens with zero attached hydrogens (tertiary/aromatic N) is 5. The number of carbonyl (C=O) groups is 1. The molecule has 2 N–H and O–H groups in total. The number of fused-ring (bicyclic) bond motifs is 1. The van der Waals surface area contributed by atoms with Crippen molar-refractivity contribution in [2.75, 3.05) is 11.9 Å². The van der Waals surface area contributed by atoms with Crippen molar-refractivity contribution < 1.29 is 9.32 Å². The minimum atomic E-state index is -0.0958. The van der Waals surface area contributed by atoms with Crippen LogP contribution in [0.15, 0.2) is 29.0 Å². The molecule has 128 valence electrons. The molecule has 0 unspecified atom stereocenters. The number of rotatable bonds is 4. The van der Waals surface area contributed by atoms with E-state index in [2.05, 4.69) is 30.6 Å². The minimum absolute atomic E-state index is 0.0958. The lowest BCUT2D eigenvalue weighted by Gasteiger charge is -2.25. The third kappa shape index (κ3) is 3.08. The summed E-state index contributed by atoms with van der Waals surface area (Å²) in [6.07, 6.45) is 3.97. The Hall–Kier alpha value is -3.23. The van der Waals surface area contributed by atoms with Gasteiger partial charge in [-0.25, -0.2) is 9.97 Å². The summed E-state index contributed by atoms with van der Waals surface area (Å²) in [5.41, 5.74) is 2.99. The molecule has 25 heavy (non-hydrogen) atoms. The van der Waals surface area contributed by atoms with Crippen molar-refractivity contribution in [1.82, 2.24) is 30.2 Å². The number of H-pyrrole nitrogens is 1. The summed E-state index contributed by atoms with van der Waals surface area (Å²) < 4.78 is 5.42. The molecule has 9 nitrogen and oxygen atoms in total. The monoisotopic (exact) mass is 339 g/mol. The Labute approximate surface area is 143 Å². The van der Waals surface area contributed by atoms with E-state index < -0.39 is 0 Å². The number of amides is 1. The minimum Gasteiger partial charge on any atom is -0.361 e. The van der Waals surface area contributed by atoms with E-state index in [0.29, 0.717) is 37.7 Å². The van der Waals surface area contributed by atoms with Crippen molar-refractivity contribution in [2.45, 2.75) is 26.4 Å². The van der Waals surface area contributed by atoms with Gasteiger partial charge in [0.05, 0.1) is 13.1 Å². The van der Waals surface area contributed by atoms with Crippen LogP contribution in [-0.2, 0) is 19.5 Å². The van der Waals surface area contributed by atoms with Crippen molar-refractivity contribution >= 4 is 11.9 Å². The molecule has 1 amide bonds. The van der Waals surface area contributed by atoms with Gasteiger partial charge in [-0.2, -0.15) is 5.10 Å². The molecule has 1 aliphatic rings. The molecular formula is C16H17N7O2. The summed E-state index contributed by atoms with van der Waals surface area (Å²) in [5, 5.41) is 14.1. The lowest BCUT2D eigenvalue weighted by atomic mass is 10.1. The van der Waals surface area contributed by atoms with Gasteiger partial charge in [-0.1, -0.05) is 5.16 Å². The van der Waals surface area contributed by atoms with Gasteiger partial charge in [-0.05, 0) is 19.1 Å². The Bertz CT molecular complexity index is 887. The summed E-state index contributed by atoms with van der Waals surface area (Å²) in [5.74, 6) is 1.25. The molecule has 4 heterocycles. The molecule has 0 spiro atoms. The molecule has 0 saturated heterocycles. The third-order valence-corrected chi connectivity index (χ3v) is 4.10. The van der Waals surface area contributed by atoms with E-state index in [9.17, 15) is 4.79 Å². The van der Waals surface area contributed by atoms with E-state index in [1.807, 2.05) is 6.92 Å². The first-order chi connectivity index (χ1) is 12.2. The number of carbonyl (C=O) groups excluding carboxylic acids is 1. The molecule has 0 aliphatic carbocycles. The second kappa shape index (κ2) is 6.34. The number of hydrogen-bond acceptors (Lipinski definition) is 7. The van der Waals surface area contributed by atoms with Crippen LogP contribution < -0.4 is 5.32 Å². The maximum Gasteiger partial charge on any atom is 0.274 e. The van der Waals surface area contributed by atoms with Crippen LogP contribution in [-0.4, -0.2) is 42.7 Å². The van der Waals surface area contributed by atoms with Crippen LogP contribution in [0.3, 0.4) is 0 Å². The summed E-state index contributed by atoms with van der Waals surface area (Å²) in [4.78, 5) is 22.6. The van der Waals surface area contributed by atoms with Crippen molar-refractivity contribution in [3.05, 3.63) is 52.9 Å². The van der Waals surface area contributed by atoms with Gasteiger partial charge in [0, 0.05) is 36.6 Å². The number of hydrogen-bond donors (Lipinski definition) is 2. The topological polar surface area (TPSA) is 113 Å². The van der Waals surface area contributed by atoms with Crippen LogP contribution in [0.4, 0.5) is 5.95 Å². The fourth-order valence-corrected chi connectivity index (χ4v) is 2.82. The van der Waals surface area contributed by atoms with Crippen LogP contribution in [0.1, 0.15) is 33.2 Å². The highest BCUT2D eigenvalue weighted by Gasteiger charge is 2.28. The molecular weight excluding hydrogens is 322 g/mol. The first kappa shape index (κ1) is 15.3. The van der Waals surface area contributed by atoms with E-state index in [1.54, 1.807) is 29.4 Å². The molecule has 0 saturated carbocycles. The van der Waals surface area contributed by atoms with Gasteiger partial charge >= 0.3 is 0 Å². The smallest absolute Gasteiger partial charge is 0.274 e. The largest absolute Gasteiger partial charge is 0.361 e. The maximum atomic E-state index is 12.6. The molecule has 3 aromatic heterocycles. The van der Waals surface area contributed by atoms with Gasteiger partial charge in [0.25, 0.3) is 5.91 Å². The second-order valence-electron chi connectivity index (χ2n) is 5.87. The van der Waals surface area contributed by atoms with E-state index in [-0.39, 0.29) is 5.91 Å². The van der Waals surface area contributed by atoms with Gasteiger partial charge in [-0.3, -0.25) is 9.89 Å². The highest BCUT2D eigenvalue weighted by molar-refractivity contribution is 5.92. The highest BCUT2D eigenvalue weighted by atomic mass is 16.5. The molecule has 0 bridgehead atoms. The lowest BCUT2D eigenvalue weighted by molar-refractivity contribution is 0.0722. The number of aryl methyl sites for hydroxylation is 1. The zero-order chi connectivity index (χ0) is 17.2. The zero-order valence-electron chi connectivity index (χ0n) is 13.7. The summed E-state index contributed by atoms with van der Waals surface area (Å²) in [6.45, 7) is 3.34. The normalized spacial score (nSPS) is 13.6. The fraction of sp³-hybridized carbons (Fsp3) is 0.312. The quantitative estimate of drug-likeness (QED) is 0.736. The van der Waals surface area contributed by atoms with Crippen molar-refractivity contribution in [3.63, 3.8) is 0 Å². The Kier molecular flexibility index (Phi) is 3.88. The summed E-state index contributed by atoms with van der Waals surface area (Å²) in [7, 11) is 0. The number of nitrogens with one attached hydrogen (secondary N) is 2. The van der Waals surface area contributed by atoms with Crippen LogP contribution in [0.25, 0.3) is 0 Å². The Morgan fingerprint density at radius 2 is 2.24 bits per heavy atom. The Morgan fingerprint density at radius 3 is 3.00 bits per heavy atom. The number of aromatic amines is 1. The molecule has 1 aliphatic heterocycles. The zero-order valence-corrected chi connectivity index (χ0v) is 13.7. The summed E-state index contributed by atoms with van der Waals surface area (Å²) in [6, 6.07) is 3.50. The highest BCUT2D eigenvalue weighted by Crippen LogP contribution is 2.24. The second-order valence-corrected chi connectivity index (χ2v) is 5.87. The Morgan fingerprint density at radius 1 is 1.40 bits per heavy atom. The van der Waals surface area contributed by atoms with E-state index in [4.69, 9.17) is 4.52 Å². The number of anilines is 1. The lowest BCUT2D eigenvalue weighted by Crippen LogP contribution is -2.36. The van der Waals surface area contributed by atoms with Gasteiger partial charge in [0.2, 0.25) is 5.95 Å². The average Bonchev–Trinajstić information content (AvgIpc) is 3.26. The first-order valence-corrected chi connectivity index (χ1v) is 7.99. The van der Waals surface area contributed by atoms with Gasteiger partial charge in [0.15, 0.2) is 0 Å². The predicted molar refractivity (Wildman–Crippen MR) is 87.6 cm³/mol. The molecule has 0 aromatic carbocycles. The van der Waals surface area contributed by atoms with Crippen molar-refractivity contribution in [1.29, 1.82) is 0 Å². The van der Waals surface area contributed by atoms with Gasteiger partial charge in [-0.15, -0.1) is 0 Å². The average molecular weight is 339 g/mol.